The molecule has 3 heterocycles. The summed E-state index contributed by atoms with van der Waals surface area (Å²) < 4.78 is 9.17. The second-order valence-electron chi connectivity index (χ2n) is 21.4. The molecule has 0 fully saturated rings. The maximum atomic E-state index is 6.91. The minimum absolute atomic E-state index is 0. The predicted octanol–water partition coefficient (Wildman–Crippen LogP) is 16.1. The molecule has 5 aromatic carbocycles. The van der Waals surface area contributed by atoms with Crippen molar-refractivity contribution in [2.45, 2.75) is 137 Å². The average Bonchev–Trinajstić information content (AvgIpc) is 3.75. The first-order chi connectivity index (χ1) is 29.1. The molecule has 0 unspecified atom stereocenters. The molecule has 0 saturated heterocycles. The zero-order chi connectivity index (χ0) is 44.5. The molecule has 1 aliphatic rings. The molecular formula is C57H65N4OPt-3. The first kappa shape index (κ1) is 46.1. The third-order valence-electron chi connectivity index (χ3n) is 12.7. The van der Waals surface area contributed by atoms with E-state index in [0.29, 0.717) is 17.4 Å². The van der Waals surface area contributed by atoms with E-state index in [1.165, 1.54) is 22.3 Å². The number of nitrogens with zero attached hydrogens (tertiary/aromatic N) is 4. The van der Waals surface area contributed by atoms with Crippen LogP contribution in [-0.4, -0.2) is 9.55 Å². The molecule has 0 N–H and O–H groups in total. The Bertz CT molecular complexity index is 2780. The van der Waals surface area contributed by atoms with Crippen LogP contribution in [0.5, 0.6) is 11.5 Å². The van der Waals surface area contributed by atoms with Gasteiger partial charge in [-0.05, 0) is 111 Å². The Balaban J connectivity index is 0.00000595. The van der Waals surface area contributed by atoms with Crippen LogP contribution in [0.3, 0.4) is 0 Å². The van der Waals surface area contributed by atoms with Crippen molar-refractivity contribution < 1.29 is 25.8 Å². The van der Waals surface area contributed by atoms with E-state index in [0.717, 1.165) is 68.8 Å². The third kappa shape index (κ3) is 9.10. The van der Waals surface area contributed by atoms with Crippen LogP contribution in [0.2, 0.25) is 0 Å². The molecule has 1 aliphatic heterocycles. The fourth-order valence-corrected chi connectivity index (χ4v) is 8.67. The number of pyridine rings is 1. The van der Waals surface area contributed by atoms with Crippen LogP contribution in [0, 0.1) is 18.8 Å². The minimum Gasteiger partial charge on any atom is -0.509 e. The van der Waals surface area contributed by atoms with E-state index in [2.05, 4.69) is 221 Å². The fraction of sp³-hybridized carbons (Fsp3) is 0.368. The maximum Gasteiger partial charge on any atom is 0.135 e. The van der Waals surface area contributed by atoms with Gasteiger partial charge in [0, 0.05) is 61.3 Å². The summed E-state index contributed by atoms with van der Waals surface area (Å²) >= 11 is 0. The van der Waals surface area contributed by atoms with Crippen LogP contribution in [0.15, 0.2) is 103 Å². The van der Waals surface area contributed by atoms with Crippen LogP contribution >= 0.6 is 0 Å². The summed E-state index contributed by atoms with van der Waals surface area (Å²) in [5.41, 5.74) is 12.4. The largest absolute Gasteiger partial charge is 0.509 e. The molecule has 0 saturated carbocycles. The quantitative estimate of drug-likeness (QED) is 0.142. The Labute approximate surface area is 392 Å². The van der Waals surface area contributed by atoms with Crippen molar-refractivity contribution in [1.29, 1.82) is 0 Å². The predicted molar refractivity (Wildman–Crippen MR) is 262 cm³/mol. The normalized spacial score (nSPS) is 13.6. The van der Waals surface area contributed by atoms with Crippen LogP contribution in [-0.2, 0) is 42.7 Å². The second kappa shape index (κ2) is 16.9. The molecule has 63 heavy (non-hydrogen) atoms. The van der Waals surface area contributed by atoms with Crippen molar-refractivity contribution in [2.75, 3.05) is 9.80 Å². The monoisotopic (exact) mass is 1020 g/mol. The van der Waals surface area contributed by atoms with Gasteiger partial charge in [-0.15, -0.1) is 53.6 Å². The van der Waals surface area contributed by atoms with Gasteiger partial charge in [0.05, 0.1) is 0 Å². The Kier molecular flexibility index (Phi) is 12.4. The summed E-state index contributed by atoms with van der Waals surface area (Å²) in [5.74, 6) is 2.66. The molecule has 2 aromatic heterocycles. The van der Waals surface area contributed by atoms with Gasteiger partial charge in [-0.25, -0.2) is 4.98 Å². The van der Waals surface area contributed by atoms with Gasteiger partial charge in [-0.2, -0.15) is 6.07 Å². The maximum absolute atomic E-state index is 6.91. The Morgan fingerprint density at radius 1 is 0.587 bits per heavy atom. The number of hydrogen-bond acceptors (Lipinski definition) is 4. The van der Waals surface area contributed by atoms with Crippen LogP contribution in [0.1, 0.15) is 144 Å². The number of fused-ring (bicyclic) bond motifs is 4. The van der Waals surface area contributed by atoms with E-state index in [9.17, 15) is 0 Å². The van der Waals surface area contributed by atoms with Gasteiger partial charge in [0.25, 0.3) is 0 Å². The molecule has 5 nitrogen and oxygen atoms in total. The first-order valence-corrected chi connectivity index (χ1v) is 22.6. The van der Waals surface area contributed by atoms with Gasteiger partial charge in [-0.1, -0.05) is 133 Å². The summed E-state index contributed by atoms with van der Waals surface area (Å²) in [7, 11) is 0. The van der Waals surface area contributed by atoms with E-state index in [1.807, 2.05) is 12.3 Å². The van der Waals surface area contributed by atoms with E-state index in [4.69, 9.17) is 9.72 Å². The van der Waals surface area contributed by atoms with Gasteiger partial charge in [-0.3, -0.25) is 0 Å². The molecule has 332 valence electrons. The zero-order valence-electron chi connectivity index (χ0n) is 39.9. The van der Waals surface area contributed by atoms with Gasteiger partial charge in [0.1, 0.15) is 5.82 Å². The average molecular weight is 1020 g/mol. The van der Waals surface area contributed by atoms with E-state index >= 15 is 0 Å². The number of rotatable bonds is 8. The third-order valence-corrected chi connectivity index (χ3v) is 12.7. The molecule has 0 atom stereocenters. The smallest absolute Gasteiger partial charge is 0.135 e. The number of anilines is 4. The van der Waals surface area contributed by atoms with E-state index in [-0.39, 0.29) is 42.7 Å². The fourth-order valence-electron chi connectivity index (χ4n) is 8.67. The summed E-state index contributed by atoms with van der Waals surface area (Å²) in [6, 6.07) is 43.3. The van der Waals surface area contributed by atoms with Crippen LogP contribution in [0.25, 0.3) is 27.6 Å². The summed E-state index contributed by atoms with van der Waals surface area (Å²) in [5, 5.41) is 2.27. The van der Waals surface area contributed by atoms with Gasteiger partial charge in [0.15, 0.2) is 0 Å². The molecule has 8 rings (SSSR count). The topological polar surface area (TPSA) is 33.5 Å². The molecule has 6 heteroatoms. The molecule has 0 aliphatic carbocycles. The molecule has 0 radical (unpaired) electrons. The Hall–Kier alpha value is -4.86. The van der Waals surface area contributed by atoms with Crippen molar-refractivity contribution in [3.63, 3.8) is 0 Å². The van der Waals surface area contributed by atoms with Crippen LogP contribution in [0.4, 0.5) is 22.7 Å². The van der Waals surface area contributed by atoms with Gasteiger partial charge in [0.2, 0.25) is 0 Å². The second-order valence-corrected chi connectivity index (χ2v) is 21.4. The molecular weight excluding hydrogens is 952 g/mol. The summed E-state index contributed by atoms with van der Waals surface area (Å²) in [6.07, 6.45) is 4.16. The van der Waals surface area contributed by atoms with Gasteiger partial charge >= 0.3 is 0 Å². The SMILES string of the molecule is CCC(CC)c1cccc(N2[CH-]N(c3[c-]c(Oc4[c-]c5c(cc4)c4ccc(C(C)(C)C)cc4n5-c4cc(C(C)(C)C)ccn4)cc(C(C)(C)C)c3)c3cc(C(C)(C)C)ccc32)c1.[Pt]. The minimum atomic E-state index is -0.157. The summed E-state index contributed by atoms with van der Waals surface area (Å²) in [6.45, 7) is 33.9. The van der Waals surface area contributed by atoms with Crippen LogP contribution < -0.4 is 14.5 Å². The van der Waals surface area contributed by atoms with Crippen molar-refractivity contribution in [3.8, 4) is 17.3 Å². The van der Waals surface area contributed by atoms with Crippen molar-refractivity contribution in [3.05, 3.63) is 150 Å². The molecule has 7 aromatic rings. The Morgan fingerprint density at radius 3 is 1.89 bits per heavy atom. The number of benzene rings is 5. The van der Waals surface area contributed by atoms with E-state index in [1.54, 1.807) is 0 Å². The molecule has 0 bridgehead atoms. The van der Waals surface area contributed by atoms with Crippen molar-refractivity contribution in [1.82, 2.24) is 9.55 Å². The van der Waals surface area contributed by atoms with Gasteiger partial charge < -0.3 is 19.1 Å². The first-order valence-electron chi connectivity index (χ1n) is 22.6. The van der Waals surface area contributed by atoms with Crippen molar-refractivity contribution >= 4 is 44.6 Å². The number of hydrogen-bond donors (Lipinski definition) is 0. The summed E-state index contributed by atoms with van der Waals surface area (Å²) in [4.78, 5) is 9.59. The Morgan fingerprint density at radius 2 is 1.22 bits per heavy atom. The molecule has 0 amide bonds. The van der Waals surface area contributed by atoms with E-state index < -0.39 is 0 Å². The van der Waals surface area contributed by atoms with Crippen molar-refractivity contribution in [2.24, 2.45) is 0 Å². The molecule has 0 spiro atoms. The number of aromatic nitrogens is 2. The zero-order valence-corrected chi connectivity index (χ0v) is 42.2. The standard InChI is InChI=1S/C57H65N4O.Pt/c1-15-37(16-2)38-18-17-19-43(28-38)59-36-60(52-32-40(55(6,7)8)21-25-49(52)59)44-29-42(57(12,13)14)30-46(34-44)62-45-22-24-48-47-23-20-39(54(3,4)5)31-50(47)61(51(48)35-45)53-33-41(26-27-58-53)56(9,10)11;/h17-33,36-37H,15-16H2,1-14H3;/q-3;. The number of ether oxygens (including phenoxy) is 1.